The van der Waals surface area contributed by atoms with E-state index in [1.807, 2.05) is 13.8 Å². The highest BCUT2D eigenvalue weighted by atomic mass is 32.2. The lowest BCUT2D eigenvalue weighted by molar-refractivity contribution is -0.383. The van der Waals surface area contributed by atoms with Gasteiger partial charge in [-0.2, -0.15) is 4.31 Å². The molecule has 0 amide bonds. The molecule has 0 aliphatic rings. The van der Waals surface area contributed by atoms with E-state index in [9.17, 15) is 18.5 Å². The first-order chi connectivity index (χ1) is 9.20. The molecule has 1 rings (SSSR count). The highest BCUT2D eigenvalue weighted by Crippen LogP contribution is 2.37. The van der Waals surface area contributed by atoms with Gasteiger partial charge in [-0.1, -0.05) is 25.2 Å². The summed E-state index contributed by atoms with van der Waals surface area (Å²) in [4.78, 5) is 10.4. The summed E-state index contributed by atoms with van der Waals surface area (Å²) in [6.45, 7) is 6.47. The predicted octanol–water partition coefficient (Wildman–Crippen LogP) is 2.36. The zero-order chi connectivity index (χ0) is 15.5. The van der Waals surface area contributed by atoms with Crippen molar-refractivity contribution in [1.82, 2.24) is 4.31 Å². The lowest BCUT2D eigenvalue weighted by atomic mass is 10.2. The number of hydrogen-bond acceptors (Lipinski definition) is 6. The first kappa shape index (κ1) is 16.9. The van der Waals surface area contributed by atoms with E-state index in [-0.39, 0.29) is 20.8 Å². The van der Waals surface area contributed by atoms with Gasteiger partial charge in [-0.3, -0.25) is 10.1 Å². The van der Waals surface area contributed by atoms with Crippen LogP contribution in [0.15, 0.2) is 10.3 Å². The van der Waals surface area contributed by atoms with E-state index >= 15 is 0 Å². The molecule has 1 N–H and O–H groups in total. The Morgan fingerprint density at radius 2 is 2.10 bits per heavy atom. The van der Waals surface area contributed by atoms with Crippen molar-refractivity contribution >= 4 is 32.0 Å². The van der Waals surface area contributed by atoms with Crippen LogP contribution in [0.3, 0.4) is 0 Å². The minimum atomic E-state index is -3.68. The van der Waals surface area contributed by atoms with Gasteiger partial charge in [0, 0.05) is 26.2 Å². The average molecular weight is 321 g/mol. The molecule has 0 saturated carbocycles. The third-order valence-corrected chi connectivity index (χ3v) is 5.87. The van der Waals surface area contributed by atoms with Crippen LogP contribution < -0.4 is 5.32 Å². The Labute approximate surface area is 122 Å². The van der Waals surface area contributed by atoms with Crippen molar-refractivity contribution in [3.63, 3.8) is 0 Å². The fourth-order valence-electron chi connectivity index (χ4n) is 1.68. The van der Waals surface area contributed by atoms with Crippen molar-refractivity contribution in [2.75, 3.05) is 25.5 Å². The summed E-state index contributed by atoms with van der Waals surface area (Å²) in [5.41, 5.74) is -0.201. The van der Waals surface area contributed by atoms with E-state index in [2.05, 4.69) is 5.32 Å². The van der Waals surface area contributed by atoms with Gasteiger partial charge in [0.2, 0.25) is 0 Å². The molecule has 0 radical (unpaired) electrons. The summed E-state index contributed by atoms with van der Waals surface area (Å²) < 4.78 is 25.9. The van der Waals surface area contributed by atoms with Gasteiger partial charge >= 0.3 is 5.69 Å². The molecule has 0 aliphatic heterocycles. The van der Waals surface area contributed by atoms with Crippen LogP contribution in [0.2, 0.25) is 0 Å². The molecule has 9 heteroatoms. The zero-order valence-electron chi connectivity index (χ0n) is 11.9. The standard InChI is InChI=1S/C11H19N3O4S2/c1-5-12-11-9(14(15)16)6-10(19-11)20(17,18)13(4)7-8(2)3/h6,8,12H,5,7H2,1-4H3. The Morgan fingerprint density at radius 3 is 2.55 bits per heavy atom. The van der Waals surface area contributed by atoms with Crippen LogP contribution in [0.4, 0.5) is 10.7 Å². The molecule has 0 fully saturated rings. The Bertz CT molecular complexity index is 580. The van der Waals surface area contributed by atoms with Crippen molar-refractivity contribution in [2.24, 2.45) is 5.92 Å². The van der Waals surface area contributed by atoms with Gasteiger partial charge < -0.3 is 5.32 Å². The molecule has 0 atom stereocenters. The molecule has 1 aromatic rings. The topological polar surface area (TPSA) is 92.6 Å². The van der Waals surface area contributed by atoms with Gasteiger partial charge in [-0.05, 0) is 12.8 Å². The fourth-order valence-corrected chi connectivity index (χ4v) is 4.62. The molecule has 20 heavy (non-hydrogen) atoms. The Kier molecular flexibility index (Phi) is 5.49. The van der Waals surface area contributed by atoms with Gasteiger partial charge in [0.1, 0.15) is 4.21 Å². The molecule has 7 nitrogen and oxygen atoms in total. The van der Waals surface area contributed by atoms with Crippen LogP contribution >= 0.6 is 11.3 Å². The fraction of sp³-hybridized carbons (Fsp3) is 0.636. The Balaban J connectivity index is 3.19. The summed E-state index contributed by atoms with van der Waals surface area (Å²) in [6, 6.07) is 1.12. The molecule has 0 aliphatic carbocycles. The normalized spacial score (nSPS) is 12.1. The minimum Gasteiger partial charge on any atom is -0.372 e. The van der Waals surface area contributed by atoms with E-state index in [0.717, 1.165) is 17.4 Å². The molecule has 0 aromatic carbocycles. The Hall–Kier alpha value is -1.19. The van der Waals surface area contributed by atoms with E-state index in [1.165, 1.54) is 11.4 Å². The molecule has 114 valence electrons. The number of hydrogen-bond donors (Lipinski definition) is 1. The first-order valence-corrected chi connectivity index (χ1v) is 8.44. The van der Waals surface area contributed by atoms with Crippen LogP contribution in [0.5, 0.6) is 0 Å². The maximum Gasteiger partial charge on any atom is 0.304 e. The number of nitrogens with zero attached hydrogens (tertiary/aromatic N) is 2. The van der Waals surface area contributed by atoms with Gasteiger partial charge in [-0.15, -0.1) is 0 Å². The number of nitrogens with one attached hydrogen (secondary N) is 1. The molecular weight excluding hydrogens is 302 g/mol. The van der Waals surface area contributed by atoms with Crippen molar-refractivity contribution in [2.45, 2.75) is 25.0 Å². The summed E-state index contributed by atoms with van der Waals surface area (Å²) >= 11 is 0.892. The van der Waals surface area contributed by atoms with Crippen LogP contribution in [0, 0.1) is 16.0 Å². The molecule has 0 spiro atoms. The van der Waals surface area contributed by atoms with Crippen LogP contribution in [-0.2, 0) is 10.0 Å². The molecule has 0 unspecified atom stereocenters. The van der Waals surface area contributed by atoms with Crippen molar-refractivity contribution in [1.29, 1.82) is 0 Å². The van der Waals surface area contributed by atoms with Crippen molar-refractivity contribution in [3.05, 3.63) is 16.2 Å². The molecular formula is C11H19N3O4S2. The number of sulfonamides is 1. The van der Waals surface area contributed by atoms with Gasteiger partial charge in [-0.25, -0.2) is 8.42 Å². The molecule has 1 aromatic heterocycles. The average Bonchev–Trinajstić information content (AvgIpc) is 2.73. The highest BCUT2D eigenvalue weighted by molar-refractivity contribution is 7.91. The second-order valence-corrected chi connectivity index (χ2v) is 8.07. The highest BCUT2D eigenvalue weighted by Gasteiger charge is 2.29. The predicted molar refractivity (Wildman–Crippen MR) is 79.8 cm³/mol. The van der Waals surface area contributed by atoms with E-state index in [4.69, 9.17) is 0 Å². The lowest BCUT2D eigenvalue weighted by Gasteiger charge is -2.17. The van der Waals surface area contributed by atoms with Gasteiger partial charge in [0.15, 0.2) is 5.00 Å². The minimum absolute atomic E-state index is 0.0108. The number of anilines is 1. The monoisotopic (exact) mass is 321 g/mol. The maximum absolute atomic E-state index is 12.3. The second kappa shape index (κ2) is 6.51. The van der Waals surface area contributed by atoms with Gasteiger partial charge in [0.05, 0.1) is 4.92 Å². The third-order valence-electron chi connectivity index (χ3n) is 2.51. The van der Waals surface area contributed by atoms with Crippen molar-refractivity contribution < 1.29 is 13.3 Å². The van der Waals surface area contributed by atoms with Gasteiger partial charge in [0.25, 0.3) is 10.0 Å². The lowest BCUT2D eigenvalue weighted by Crippen LogP contribution is -2.29. The summed E-state index contributed by atoms with van der Waals surface area (Å²) in [5, 5.41) is 14.0. The summed E-state index contributed by atoms with van der Waals surface area (Å²) in [5.74, 6) is 0.179. The van der Waals surface area contributed by atoms with Crippen molar-refractivity contribution in [3.8, 4) is 0 Å². The smallest absolute Gasteiger partial charge is 0.304 e. The van der Waals surface area contributed by atoms with E-state index < -0.39 is 14.9 Å². The third kappa shape index (κ3) is 3.68. The number of nitro groups is 1. The quantitative estimate of drug-likeness (QED) is 0.615. The van der Waals surface area contributed by atoms with Crippen LogP contribution in [0.1, 0.15) is 20.8 Å². The summed E-state index contributed by atoms with van der Waals surface area (Å²) in [7, 11) is -2.20. The number of thiophene rings is 1. The Morgan fingerprint density at radius 1 is 1.50 bits per heavy atom. The zero-order valence-corrected chi connectivity index (χ0v) is 13.5. The maximum atomic E-state index is 12.3. The van der Waals surface area contributed by atoms with Crippen LogP contribution in [-0.4, -0.2) is 37.8 Å². The SMILES string of the molecule is CCNc1sc(S(=O)(=O)N(C)CC(C)C)cc1[N+](=O)[O-]. The van der Waals surface area contributed by atoms with Crippen LogP contribution in [0.25, 0.3) is 0 Å². The molecule has 0 bridgehead atoms. The largest absolute Gasteiger partial charge is 0.372 e. The second-order valence-electron chi connectivity index (χ2n) is 4.75. The summed E-state index contributed by atoms with van der Waals surface area (Å²) in [6.07, 6.45) is 0. The molecule has 1 heterocycles. The van der Waals surface area contributed by atoms with E-state index in [1.54, 1.807) is 6.92 Å². The van der Waals surface area contributed by atoms with E-state index in [0.29, 0.717) is 13.1 Å². The number of rotatable bonds is 7. The first-order valence-electron chi connectivity index (χ1n) is 6.18. The molecule has 0 saturated heterocycles.